The van der Waals surface area contributed by atoms with E-state index in [1.54, 1.807) is 6.92 Å². The number of carbonyl (C=O) groups excluding carboxylic acids is 1. The summed E-state index contributed by atoms with van der Waals surface area (Å²) in [7, 11) is 0. The van der Waals surface area contributed by atoms with E-state index in [1.165, 1.54) is 18.4 Å². The minimum absolute atomic E-state index is 0.0367. The maximum Gasteiger partial charge on any atom is 0.236 e. The van der Waals surface area contributed by atoms with Crippen molar-refractivity contribution in [1.82, 2.24) is 10.2 Å². The van der Waals surface area contributed by atoms with Crippen molar-refractivity contribution >= 4 is 5.91 Å². The molecule has 1 aliphatic carbocycles. The number of carbonyl (C=O) groups is 1. The van der Waals surface area contributed by atoms with Gasteiger partial charge in [-0.05, 0) is 39.2 Å². The molecule has 0 heterocycles. The highest BCUT2D eigenvalue weighted by molar-refractivity contribution is 5.81. The molecule has 0 saturated heterocycles. The summed E-state index contributed by atoms with van der Waals surface area (Å²) in [5.74, 6) is -0.0367. The van der Waals surface area contributed by atoms with Crippen molar-refractivity contribution in [3.8, 4) is 0 Å². The predicted molar refractivity (Wildman–Crippen MR) is 95.0 cm³/mol. The number of amides is 1. The van der Waals surface area contributed by atoms with Crippen molar-refractivity contribution in [3.05, 3.63) is 35.9 Å². The van der Waals surface area contributed by atoms with Crippen LogP contribution in [0, 0.1) is 0 Å². The fourth-order valence-electron chi connectivity index (χ4n) is 3.47. The van der Waals surface area contributed by atoms with Crippen LogP contribution in [0.3, 0.4) is 0 Å². The molecule has 0 bridgehead atoms. The first-order valence-corrected chi connectivity index (χ1v) is 8.84. The average Bonchev–Trinajstić information content (AvgIpc) is 2.54. The van der Waals surface area contributed by atoms with Crippen LogP contribution in [0.15, 0.2) is 30.3 Å². The molecule has 1 aromatic rings. The van der Waals surface area contributed by atoms with Gasteiger partial charge in [0, 0.05) is 24.7 Å². The smallest absolute Gasteiger partial charge is 0.236 e. The topological polar surface area (TPSA) is 58.4 Å². The first-order chi connectivity index (χ1) is 11.0. The van der Waals surface area contributed by atoms with Gasteiger partial charge in [0.05, 0.1) is 6.04 Å². The number of nitrogens with two attached hydrogens (primary N) is 1. The second-order valence-electron chi connectivity index (χ2n) is 7.01. The van der Waals surface area contributed by atoms with Crippen molar-refractivity contribution in [1.29, 1.82) is 0 Å². The molecule has 4 heteroatoms. The lowest BCUT2D eigenvalue weighted by molar-refractivity contribution is -0.123. The largest absolute Gasteiger partial charge is 0.350 e. The maximum atomic E-state index is 12.1. The minimum Gasteiger partial charge on any atom is -0.350 e. The molecule has 4 nitrogen and oxygen atoms in total. The second-order valence-corrected chi connectivity index (χ2v) is 7.01. The molecule has 3 atom stereocenters. The number of hydrogen-bond donors (Lipinski definition) is 2. The molecule has 0 aliphatic heterocycles. The first-order valence-electron chi connectivity index (χ1n) is 8.84. The van der Waals surface area contributed by atoms with Crippen molar-refractivity contribution in [2.24, 2.45) is 5.73 Å². The van der Waals surface area contributed by atoms with Crippen LogP contribution in [0.1, 0.15) is 52.0 Å². The number of nitrogens with one attached hydrogen (secondary N) is 1. The summed E-state index contributed by atoms with van der Waals surface area (Å²) in [6.45, 7) is 7.15. The molecule has 1 aliphatic rings. The lowest BCUT2D eigenvalue weighted by Gasteiger charge is -2.42. The van der Waals surface area contributed by atoms with Gasteiger partial charge in [-0.3, -0.25) is 9.69 Å². The Bertz CT molecular complexity index is 487. The van der Waals surface area contributed by atoms with Gasteiger partial charge in [0.2, 0.25) is 5.91 Å². The molecule has 0 unspecified atom stereocenters. The summed E-state index contributed by atoms with van der Waals surface area (Å²) in [5, 5.41) is 3.18. The van der Waals surface area contributed by atoms with Crippen LogP contribution in [0.25, 0.3) is 0 Å². The Labute approximate surface area is 140 Å². The molecule has 0 aromatic heterocycles. The van der Waals surface area contributed by atoms with Gasteiger partial charge >= 0.3 is 0 Å². The third kappa shape index (κ3) is 5.05. The highest BCUT2D eigenvalue weighted by Crippen LogP contribution is 2.26. The van der Waals surface area contributed by atoms with Crippen LogP contribution in [-0.2, 0) is 11.3 Å². The maximum absolute atomic E-state index is 12.1. The Hall–Kier alpha value is -1.39. The summed E-state index contributed by atoms with van der Waals surface area (Å²) in [6.07, 6.45) is 4.58. The quantitative estimate of drug-likeness (QED) is 0.848. The summed E-state index contributed by atoms with van der Waals surface area (Å²) in [6, 6.07) is 11.2. The van der Waals surface area contributed by atoms with Gasteiger partial charge in [-0.25, -0.2) is 0 Å². The Morgan fingerprint density at radius 3 is 2.48 bits per heavy atom. The van der Waals surface area contributed by atoms with Gasteiger partial charge in [0.1, 0.15) is 0 Å². The Morgan fingerprint density at radius 1 is 1.22 bits per heavy atom. The van der Waals surface area contributed by atoms with Gasteiger partial charge in [-0.15, -0.1) is 0 Å². The average molecular weight is 317 g/mol. The third-order valence-electron chi connectivity index (χ3n) is 4.77. The summed E-state index contributed by atoms with van der Waals surface area (Å²) >= 11 is 0. The van der Waals surface area contributed by atoms with Gasteiger partial charge < -0.3 is 11.1 Å². The standard InChI is InChI=1S/C19H31N3O/c1-14(2)22(13-16-9-5-4-6-10-16)18-12-8-7-11-17(18)21-19(23)15(3)20/h4-6,9-10,14-15,17-18H,7-8,11-13,20H2,1-3H3,(H,21,23)/t15-,17-,18-/m0/s1. The molecule has 2 rings (SSSR count). The summed E-state index contributed by atoms with van der Waals surface area (Å²) in [5.41, 5.74) is 7.06. The van der Waals surface area contributed by atoms with E-state index in [2.05, 4.69) is 54.4 Å². The summed E-state index contributed by atoms with van der Waals surface area (Å²) in [4.78, 5) is 14.6. The predicted octanol–water partition coefficient (Wildman–Crippen LogP) is 2.67. The molecule has 0 radical (unpaired) electrons. The zero-order chi connectivity index (χ0) is 16.8. The lowest BCUT2D eigenvalue weighted by atomic mass is 9.88. The molecule has 3 N–H and O–H groups in total. The molecule has 1 aromatic carbocycles. The van der Waals surface area contributed by atoms with Crippen LogP contribution in [0.2, 0.25) is 0 Å². The van der Waals surface area contributed by atoms with Crippen LogP contribution in [0.5, 0.6) is 0 Å². The van der Waals surface area contributed by atoms with E-state index < -0.39 is 6.04 Å². The van der Waals surface area contributed by atoms with Crippen LogP contribution < -0.4 is 11.1 Å². The van der Waals surface area contributed by atoms with Crippen LogP contribution >= 0.6 is 0 Å². The van der Waals surface area contributed by atoms with E-state index >= 15 is 0 Å². The normalized spacial score (nSPS) is 23.0. The van der Waals surface area contributed by atoms with Gasteiger partial charge in [-0.1, -0.05) is 43.2 Å². The van der Waals surface area contributed by atoms with Crippen molar-refractivity contribution < 1.29 is 4.79 Å². The number of benzene rings is 1. The van der Waals surface area contributed by atoms with Crippen molar-refractivity contribution in [2.75, 3.05) is 0 Å². The molecule has 1 saturated carbocycles. The second kappa shape index (κ2) is 8.46. The van der Waals surface area contributed by atoms with E-state index in [9.17, 15) is 4.79 Å². The van der Waals surface area contributed by atoms with Crippen molar-refractivity contribution in [2.45, 2.75) is 77.2 Å². The number of hydrogen-bond acceptors (Lipinski definition) is 3. The van der Waals surface area contributed by atoms with Gasteiger partial charge in [0.25, 0.3) is 0 Å². The molecule has 1 amide bonds. The van der Waals surface area contributed by atoms with E-state index in [0.29, 0.717) is 12.1 Å². The Morgan fingerprint density at radius 2 is 1.87 bits per heavy atom. The molecular weight excluding hydrogens is 286 g/mol. The molecule has 128 valence electrons. The van der Waals surface area contributed by atoms with Crippen LogP contribution in [-0.4, -0.2) is 35.0 Å². The van der Waals surface area contributed by atoms with Gasteiger partial charge in [0.15, 0.2) is 0 Å². The first kappa shape index (κ1) is 18.0. The molecular formula is C19H31N3O. The van der Waals surface area contributed by atoms with E-state index in [4.69, 9.17) is 5.73 Å². The zero-order valence-electron chi connectivity index (χ0n) is 14.7. The van der Waals surface area contributed by atoms with Crippen LogP contribution in [0.4, 0.5) is 0 Å². The molecule has 0 spiro atoms. The Balaban J connectivity index is 2.12. The SMILES string of the molecule is CC(C)N(Cc1ccccc1)[C@H]1CCCC[C@@H]1NC(=O)[C@H](C)N. The summed E-state index contributed by atoms with van der Waals surface area (Å²) < 4.78 is 0. The molecule has 1 fully saturated rings. The van der Waals surface area contributed by atoms with Crippen molar-refractivity contribution in [3.63, 3.8) is 0 Å². The van der Waals surface area contributed by atoms with E-state index in [-0.39, 0.29) is 11.9 Å². The fourth-order valence-corrected chi connectivity index (χ4v) is 3.47. The lowest BCUT2D eigenvalue weighted by Crippen LogP contribution is -2.56. The van der Waals surface area contributed by atoms with E-state index in [1.807, 2.05) is 0 Å². The zero-order valence-corrected chi connectivity index (χ0v) is 14.7. The fraction of sp³-hybridized carbons (Fsp3) is 0.632. The number of nitrogens with zero attached hydrogens (tertiary/aromatic N) is 1. The Kier molecular flexibility index (Phi) is 6.60. The molecule has 23 heavy (non-hydrogen) atoms. The van der Waals surface area contributed by atoms with Gasteiger partial charge in [-0.2, -0.15) is 0 Å². The number of rotatable bonds is 6. The minimum atomic E-state index is -0.445. The highest BCUT2D eigenvalue weighted by Gasteiger charge is 2.32. The highest BCUT2D eigenvalue weighted by atomic mass is 16.2. The monoisotopic (exact) mass is 317 g/mol. The van der Waals surface area contributed by atoms with E-state index in [0.717, 1.165) is 19.4 Å². The third-order valence-corrected chi connectivity index (χ3v) is 4.77.